The van der Waals surface area contributed by atoms with Gasteiger partial charge in [0.25, 0.3) is 0 Å². The number of nitrogens with two attached hydrogens (primary N) is 1. The Morgan fingerprint density at radius 2 is 2.10 bits per heavy atom. The van der Waals surface area contributed by atoms with E-state index in [0.29, 0.717) is 43.6 Å². The van der Waals surface area contributed by atoms with Crippen LogP contribution in [-0.4, -0.2) is 39.0 Å². The van der Waals surface area contributed by atoms with Crippen molar-refractivity contribution in [3.8, 4) is 5.75 Å². The lowest BCUT2D eigenvalue weighted by Crippen LogP contribution is -2.42. The zero-order valence-corrected chi connectivity index (χ0v) is 13.1. The molecule has 0 spiro atoms. The third-order valence-corrected chi connectivity index (χ3v) is 5.18. The zero-order valence-electron chi connectivity index (χ0n) is 12.3. The molecule has 0 atom stereocenters. The minimum Gasteiger partial charge on any atom is -0.494 e. The lowest BCUT2D eigenvalue weighted by molar-refractivity contribution is 0.280. The van der Waals surface area contributed by atoms with E-state index < -0.39 is 10.2 Å². The van der Waals surface area contributed by atoms with Gasteiger partial charge in [-0.1, -0.05) is 6.07 Å². The van der Waals surface area contributed by atoms with E-state index in [1.165, 1.54) is 4.31 Å². The number of ether oxygens (including phenoxy) is 1. The molecular formula is C14H23N3O3S. The number of hydrogen-bond acceptors (Lipinski definition) is 4. The summed E-state index contributed by atoms with van der Waals surface area (Å²) >= 11 is 0. The topological polar surface area (TPSA) is 84.7 Å². The van der Waals surface area contributed by atoms with Gasteiger partial charge in [0.1, 0.15) is 5.75 Å². The number of benzene rings is 1. The van der Waals surface area contributed by atoms with Gasteiger partial charge in [-0.3, -0.25) is 4.72 Å². The lowest BCUT2D eigenvalue weighted by atomic mass is 9.99. The fraction of sp³-hybridized carbons (Fsp3) is 0.571. The Morgan fingerprint density at radius 1 is 1.38 bits per heavy atom. The highest BCUT2D eigenvalue weighted by atomic mass is 32.2. The van der Waals surface area contributed by atoms with Crippen molar-refractivity contribution < 1.29 is 13.2 Å². The molecule has 1 heterocycles. The first-order valence-corrected chi connectivity index (χ1v) is 8.70. The largest absolute Gasteiger partial charge is 0.494 e. The highest BCUT2D eigenvalue weighted by molar-refractivity contribution is 7.90. The van der Waals surface area contributed by atoms with Gasteiger partial charge in [-0.15, -0.1) is 0 Å². The molecule has 0 amide bonds. The van der Waals surface area contributed by atoms with Crippen LogP contribution in [0.15, 0.2) is 24.3 Å². The van der Waals surface area contributed by atoms with Crippen molar-refractivity contribution in [3.63, 3.8) is 0 Å². The predicted octanol–water partition coefficient (Wildman–Crippen LogP) is 1.41. The molecule has 1 saturated heterocycles. The van der Waals surface area contributed by atoms with Crippen molar-refractivity contribution in [2.75, 3.05) is 31.0 Å². The van der Waals surface area contributed by atoms with Crippen LogP contribution in [0, 0.1) is 5.92 Å². The molecule has 1 aliphatic heterocycles. The van der Waals surface area contributed by atoms with Crippen LogP contribution < -0.4 is 15.2 Å². The third-order valence-electron chi connectivity index (χ3n) is 3.64. The average molecular weight is 313 g/mol. The van der Waals surface area contributed by atoms with Gasteiger partial charge in [0.05, 0.1) is 12.3 Å². The van der Waals surface area contributed by atoms with Gasteiger partial charge >= 0.3 is 10.2 Å². The van der Waals surface area contributed by atoms with Gasteiger partial charge < -0.3 is 10.5 Å². The Balaban J connectivity index is 2.02. The van der Waals surface area contributed by atoms with Gasteiger partial charge in [-0.05, 0) is 44.4 Å². The molecule has 1 aliphatic rings. The molecular weight excluding hydrogens is 290 g/mol. The summed E-state index contributed by atoms with van der Waals surface area (Å²) in [6.45, 7) is 4.09. The molecule has 6 nitrogen and oxygen atoms in total. The number of piperidine rings is 1. The molecule has 1 aromatic carbocycles. The van der Waals surface area contributed by atoms with E-state index in [4.69, 9.17) is 10.5 Å². The van der Waals surface area contributed by atoms with Crippen molar-refractivity contribution in [1.82, 2.24) is 4.31 Å². The molecule has 0 aliphatic carbocycles. The summed E-state index contributed by atoms with van der Waals surface area (Å²) in [7, 11) is -3.51. The molecule has 7 heteroatoms. The van der Waals surface area contributed by atoms with Crippen LogP contribution in [0.1, 0.15) is 19.8 Å². The number of nitrogens with one attached hydrogen (secondary N) is 1. The van der Waals surface area contributed by atoms with E-state index in [-0.39, 0.29) is 0 Å². The van der Waals surface area contributed by atoms with Gasteiger partial charge in [0, 0.05) is 19.2 Å². The SMILES string of the molecule is CCOc1cccc(NS(=O)(=O)N2CCC(CN)CC2)c1. The van der Waals surface area contributed by atoms with Crippen LogP contribution in [0.3, 0.4) is 0 Å². The Hall–Kier alpha value is -1.31. The maximum absolute atomic E-state index is 12.4. The summed E-state index contributed by atoms with van der Waals surface area (Å²) < 4.78 is 34.2. The van der Waals surface area contributed by atoms with Crippen LogP contribution in [0.5, 0.6) is 5.75 Å². The maximum atomic E-state index is 12.4. The zero-order chi connectivity index (χ0) is 15.3. The van der Waals surface area contributed by atoms with Crippen LogP contribution in [0.4, 0.5) is 5.69 Å². The lowest BCUT2D eigenvalue weighted by Gasteiger charge is -2.30. The number of nitrogens with zero attached hydrogens (tertiary/aromatic N) is 1. The van der Waals surface area contributed by atoms with Crippen molar-refractivity contribution in [1.29, 1.82) is 0 Å². The maximum Gasteiger partial charge on any atom is 0.301 e. The molecule has 0 bridgehead atoms. The van der Waals surface area contributed by atoms with E-state index >= 15 is 0 Å². The molecule has 2 rings (SSSR count). The summed E-state index contributed by atoms with van der Waals surface area (Å²) in [6.07, 6.45) is 1.63. The first-order valence-electron chi connectivity index (χ1n) is 7.26. The Morgan fingerprint density at radius 3 is 2.71 bits per heavy atom. The summed E-state index contributed by atoms with van der Waals surface area (Å²) in [6, 6.07) is 6.97. The fourth-order valence-corrected chi connectivity index (χ4v) is 3.66. The first-order chi connectivity index (χ1) is 10.0. The molecule has 0 radical (unpaired) electrons. The monoisotopic (exact) mass is 313 g/mol. The van der Waals surface area contributed by atoms with Crippen LogP contribution >= 0.6 is 0 Å². The Bertz CT molecular complexity index is 554. The Kier molecular flexibility index (Phi) is 5.44. The molecule has 0 saturated carbocycles. The first kappa shape index (κ1) is 16.1. The molecule has 118 valence electrons. The summed E-state index contributed by atoms with van der Waals surface area (Å²) in [4.78, 5) is 0. The standard InChI is InChI=1S/C14H23N3O3S/c1-2-20-14-5-3-4-13(10-14)16-21(18,19)17-8-6-12(11-15)7-9-17/h3-5,10,12,16H,2,6-9,11,15H2,1H3. The summed E-state index contributed by atoms with van der Waals surface area (Å²) in [5.41, 5.74) is 6.14. The highest BCUT2D eigenvalue weighted by Crippen LogP contribution is 2.22. The van der Waals surface area contributed by atoms with Gasteiger partial charge in [-0.2, -0.15) is 12.7 Å². The summed E-state index contributed by atoms with van der Waals surface area (Å²) in [5, 5.41) is 0. The normalized spacial score (nSPS) is 17.6. The molecule has 1 fully saturated rings. The van der Waals surface area contributed by atoms with E-state index in [0.717, 1.165) is 12.8 Å². The van der Waals surface area contributed by atoms with E-state index in [1.54, 1.807) is 24.3 Å². The minimum absolute atomic E-state index is 0.428. The molecule has 1 aromatic rings. The van der Waals surface area contributed by atoms with Gasteiger partial charge in [0.2, 0.25) is 0 Å². The minimum atomic E-state index is -3.51. The predicted molar refractivity (Wildman–Crippen MR) is 83.5 cm³/mol. The van der Waals surface area contributed by atoms with Crippen LogP contribution in [-0.2, 0) is 10.2 Å². The van der Waals surface area contributed by atoms with Crippen molar-refractivity contribution in [2.24, 2.45) is 11.7 Å². The second kappa shape index (κ2) is 7.11. The molecule has 21 heavy (non-hydrogen) atoms. The van der Waals surface area contributed by atoms with Crippen molar-refractivity contribution in [2.45, 2.75) is 19.8 Å². The summed E-state index contributed by atoms with van der Waals surface area (Å²) in [5.74, 6) is 1.08. The van der Waals surface area contributed by atoms with Crippen LogP contribution in [0.25, 0.3) is 0 Å². The smallest absolute Gasteiger partial charge is 0.301 e. The second-order valence-corrected chi connectivity index (χ2v) is 6.82. The number of anilines is 1. The quantitative estimate of drug-likeness (QED) is 0.831. The van der Waals surface area contributed by atoms with E-state index in [9.17, 15) is 8.42 Å². The van der Waals surface area contributed by atoms with Crippen LogP contribution in [0.2, 0.25) is 0 Å². The van der Waals surface area contributed by atoms with Crippen molar-refractivity contribution >= 4 is 15.9 Å². The second-order valence-electron chi connectivity index (χ2n) is 5.15. The fourth-order valence-electron chi connectivity index (χ4n) is 2.41. The van der Waals surface area contributed by atoms with Gasteiger partial charge in [-0.25, -0.2) is 0 Å². The van der Waals surface area contributed by atoms with Gasteiger partial charge in [0.15, 0.2) is 0 Å². The molecule has 0 aromatic heterocycles. The Labute approximate surface area is 126 Å². The van der Waals surface area contributed by atoms with Crippen molar-refractivity contribution in [3.05, 3.63) is 24.3 Å². The molecule has 0 unspecified atom stereocenters. The third kappa shape index (κ3) is 4.33. The number of rotatable bonds is 6. The van der Waals surface area contributed by atoms with E-state index in [2.05, 4.69) is 4.72 Å². The highest BCUT2D eigenvalue weighted by Gasteiger charge is 2.27. The molecule has 3 N–H and O–H groups in total. The number of hydrogen-bond donors (Lipinski definition) is 2. The van der Waals surface area contributed by atoms with E-state index in [1.807, 2.05) is 6.92 Å². The average Bonchev–Trinajstić information content (AvgIpc) is 2.47.